The number of hydrogen-bond donors (Lipinski definition) is 1. The molecule has 2 N–H and O–H groups in total. The Hall–Kier alpha value is -0.140. The van der Waals surface area contributed by atoms with Crippen LogP contribution in [0.25, 0.3) is 0 Å². The van der Waals surface area contributed by atoms with Gasteiger partial charge in [0.25, 0.3) is 0 Å². The van der Waals surface area contributed by atoms with Gasteiger partial charge in [-0.25, -0.2) is 0 Å². The molecule has 0 aromatic rings. The van der Waals surface area contributed by atoms with E-state index in [1.165, 1.54) is 0 Å². The van der Waals surface area contributed by atoms with Gasteiger partial charge < -0.3 is 4.52 Å². The predicted molar refractivity (Wildman–Crippen MR) is 28.9 cm³/mol. The van der Waals surface area contributed by atoms with Crippen molar-refractivity contribution < 1.29 is 9.32 Å². The van der Waals surface area contributed by atoms with Crippen molar-refractivity contribution >= 4 is 14.9 Å². The van der Waals surface area contributed by atoms with Crippen LogP contribution in [-0.4, -0.2) is 5.97 Å². The summed E-state index contributed by atoms with van der Waals surface area (Å²) in [4.78, 5) is 10.1. The molecule has 0 fully saturated rings. The Bertz CT molecular complexity index is 66.0. The monoisotopic (exact) mass is 121 g/mol. The van der Waals surface area contributed by atoms with Gasteiger partial charge in [-0.05, 0) is 0 Å². The molecule has 0 amide bonds. The average Bonchev–Trinajstić information content (AvgIpc) is 1.68. The second-order valence-electron chi connectivity index (χ2n) is 0.945. The van der Waals surface area contributed by atoms with Gasteiger partial charge in [0.2, 0.25) is 0 Å². The normalized spacial score (nSPS) is 10.0. The first-order chi connectivity index (χ1) is 3.31. The number of nitrogens with two attached hydrogens (primary N) is 1. The molecule has 0 saturated heterocycles. The summed E-state index contributed by atoms with van der Waals surface area (Å²) in [7, 11) is -0.205. The van der Waals surface area contributed by atoms with Crippen molar-refractivity contribution in [3.63, 3.8) is 0 Å². The third-order valence-corrected chi connectivity index (χ3v) is 0.807. The number of carbonyl (C=O) groups excluding carboxylic acids is 1. The standard InChI is InChI=1S/C3H8NO2P/c1-2-3(5)6-7-4/h7H,2,4H2,1H3. The molecule has 0 aromatic heterocycles. The van der Waals surface area contributed by atoms with E-state index in [1.807, 2.05) is 0 Å². The summed E-state index contributed by atoms with van der Waals surface area (Å²) >= 11 is 0. The van der Waals surface area contributed by atoms with E-state index in [2.05, 4.69) is 4.52 Å². The molecule has 0 saturated carbocycles. The minimum Gasteiger partial charge on any atom is -0.432 e. The average molecular weight is 121 g/mol. The highest BCUT2D eigenvalue weighted by Crippen LogP contribution is 1.99. The van der Waals surface area contributed by atoms with Gasteiger partial charge in [-0.2, -0.15) is 0 Å². The van der Waals surface area contributed by atoms with Gasteiger partial charge in [0.1, 0.15) is 8.96 Å². The molecule has 1 atom stereocenters. The molecule has 0 spiro atoms. The molecule has 0 aliphatic rings. The van der Waals surface area contributed by atoms with Crippen molar-refractivity contribution in [3.8, 4) is 0 Å². The molecule has 0 aliphatic heterocycles. The second-order valence-corrected chi connectivity index (χ2v) is 1.39. The fourth-order valence-corrected chi connectivity index (χ4v) is 0.414. The third kappa shape index (κ3) is 3.70. The highest BCUT2D eigenvalue weighted by Gasteiger charge is 1.91. The van der Waals surface area contributed by atoms with Crippen LogP contribution in [0.1, 0.15) is 13.3 Å². The van der Waals surface area contributed by atoms with Gasteiger partial charge in [0, 0.05) is 6.42 Å². The maximum atomic E-state index is 10.1. The van der Waals surface area contributed by atoms with Crippen molar-refractivity contribution in [2.24, 2.45) is 5.50 Å². The summed E-state index contributed by atoms with van der Waals surface area (Å²) in [6.07, 6.45) is 0.407. The fourth-order valence-electron chi connectivity index (χ4n) is 0.138. The zero-order valence-electron chi connectivity index (χ0n) is 4.10. The Labute approximate surface area is 44.1 Å². The molecule has 1 unspecified atom stereocenters. The Morgan fingerprint density at radius 2 is 2.57 bits per heavy atom. The van der Waals surface area contributed by atoms with Crippen LogP contribution in [-0.2, 0) is 9.32 Å². The van der Waals surface area contributed by atoms with E-state index in [-0.39, 0.29) is 14.9 Å². The van der Waals surface area contributed by atoms with E-state index in [4.69, 9.17) is 5.50 Å². The van der Waals surface area contributed by atoms with Crippen LogP contribution in [0.15, 0.2) is 0 Å². The first kappa shape index (κ1) is 6.86. The van der Waals surface area contributed by atoms with Crippen molar-refractivity contribution in [3.05, 3.63) is 0 Å². The Kier molecular flexibility index (Phi) is 3.95. The Morgan fingerprint density at radius 1 is 2.00 bits per heavy atom. The van der Waals surface area contributed by atoms with Gasteiger partial charge in [-0.3, -0.25) is 10.3 Å². The summed E-state index contributed by atoms with van der Waals surface area (Å²) in [5.74, 6) is -0.235. The van der Waals surface area contributed by atoms with Gasteiger partial charge in [-0.15, -0.1) is 0 Å². The quantitative estimate of drug-likeness (QED) is 0.538. The first-order valence-corrected chi connectivity index (χ1v) is 2.95. The molecule has 3 nitrogen and oxygen atoms in total. The van der Waals surface area contributed by atoms with E-state index >= 15 is 0 Å². The summed E-state index contributed by atoms with van der Waals surface area (Å²) in [6.45, 7) is 1.72. The van der Waals surface area contributed by atoms with Crippen molar-refractivity contribution in [2.45, 2.75) is 13.3 Å². The van der Waals surface area contributed by atoms with Crippen LogP contribution in [0.3, 0.4) is 0 Å². The van der Waals surface area contributed by atoms with Gasteiger partial charge in [0.05, 0.1) is 0 Å². The van der Waals surface area contributed by atoms with E-state index in [9.17, 15) is 4.79 Å². The van der Waals surface area contributed by atoms with E-state index in [1.54, 1.807) is 6.92 Å². The SMILES string of the molecule is CCC(=O)OPN. The predicted octanol–water partition coefficient (Wildman–Crippen LogP) is 0.407. The van der Waals surface area contributed by atoms with Crippen LogP contribution in [0.4, 0.5) is 0 Å². The van der Waals surface area contributed by atoms with E-state index < -0.39 is 0 Å². The van der Waals surface area contributed by atoms with Crippen molar-refractivity contribution in [1.29, 1.82) is 0 Å². The largest absolute Gasteiger partial charge is 0.432 e. The molecule has 4 heteroatoms. The Morgan fingerprint density at radius 3 is 2.71 bits per heavy atom. The molecular formula is C3H8NO2P. The van der Waals surface area contributed by atoms with E-state index in [0.717, 1.165) is 0 Å². The lowest BCUT2D eigenvalue weighted by atomic mass is 10.5. The zero-order chi connectivity index (χ0) is 5.70. The van der Waals surface area contributed by atoms with Crippen molar-refractivity contribution in [1.82, 2.24) is 0 Å². The summed E-state index contributed by atoms with van der Waals surface area (Å²) in [5, 5.41) is 0. The van der Waals surface area contributed by atoms with Crippen LogP contribution in [0.2, 0.25) is 0 Å². The summed E-state index contributed by atoms with van der Waals surface area (Å²) in [6, 6.07) is 0. The lowest BCUT2D eigenvalue weighted by Crippen LogP contribution is -1.95. The molecular weight excluding hydrogens is 113 g/mol. The molecule has 42 valence electrons. The topological polar surface area (TPSA) is 52.3 Å². The maximum Gasteiger partial charge on any atom is 0.309 e. The molecule has 0 aromatic carbocycles. The molecule has 0 bridgehead atoms. The smallest absolute Gasteiger partial charge is 0.309 e. The molecule has 0 heterocycles. The van der Waals surface area contributed by atoms with Gasteiger partial charge in [0.15, 0.2) is 0 Å². The fraction of sp³-hybridized carbons (Fsp3) is 0.667. The lowest BCUT2D eigenvalue weighted by Gasteiger charge is -1.92. The lowest BCUT2D eigenvalue weighted by molar-refractivity contribution is -0.133. The van der Waals surface area contributed by atoms with Crippen molar-refractivity contribution in [2.75, 3.05) is 0 Å². The minimum absolute atomic E-state index is 0.205. The van der Waals surface area contributed by atoms with Gasteiger partial charge >= 0.3 is 5.97 Å². The number of rotatable bonds is 2. The number of hydrogen-bond acceptors (Lipinski definition) is 3. The zero-order valence-corrected chi connectivity index (χ0v) is 5.10. The summed E-state index contributed by atoms with van der Waals surface area (Å²) < 4.78 is 4.36. The van der Waals surface area contributed by atoms with Crippen LogP contribution >= 0.6 is 8.96 Å². The third-order valence-electron chi connectivity index (χ3n) is 0.461. The maximum absolute atomic E-state index is 10.1. The molecule has 0 rings (SSSR count). The van der Waals surface area contributed by atoms with Crippen LogP contribution < -0.4 is 5.50 Å². The molecule has 0 radical (unpaired) electrons. The number of carbonyl (C=O) groups is 1. The Balaban J connectivity index is 3.00. The highest BCUT2D eigenvalue weighted by atomic mass is 31.1. The van der Waals surface area contributed by atoms with Crippen LogP contribution in [0.5, 0.6) is 0 Å². The molecule has 7 heavy (non-hydrogen) atoms. The molecule has 0 aliphatic carbocycles. The second kappa shape index (κ2) is 4.03. The van der Waals surface area contributed by atoms with E-state index in [0.29, 0.717) is 6.42 Å². The van der Waals surface area contributed by atoms with Gasteiger partial charge in [-0.1, -0.05) is 6.92 Å². The van der Waals surface area contributed by atoms with Crippen LogP contribution in [0, 0.1) is 0 Å². The summed E-state index contributed by atoms with van der Waals surface area (Å²) in [5.41, 5.74) is 4.89. The first-order valence-electron chi connectivity index (χ1n) is 1.96. The highest BCUT2D eigenvalue weighted by molar-refractivity contribution is 7.29. The minimum atomic E-state index is -0.235.